The van der Waals surface area contributed by atoms with Crippen molar-refractivity contribution >= 4 is 5.91 Å². The van der Waals surface area contributed by atoms with Gasteiger partial charge in [-0.1, -0.05) is 18.2 Å². The Morgan fingerprint density at radius 1 is 1.04 bits per heavy atom. The molecule has 1 aliphatic carbocycles. The maximum Gasteiger partial charge on any atom is 0.233 e. The Hall–Kier alpha value is -2.30. The van der Waals surface area contributed by atoms with Crippen molar-refractivity contribution in [3.8, 4) is 0 Å². The van der Waals surface area contributed by atoms with Gasteiger partial charge in [0.25, 0.3) is 0 Å². The lowest BCUT2D eigenvalue weighted by molar-refractivity contribution is -0.133. The molecule has 0 aromatic heterocycles. The summed E-state index contributed by atoms with van der Waals surface area (Å²) in [6, 6.07) is 9.22. The zero-order valence-electron chi connectivity index (χ0n) is 12.7. The van der Waals surface area contributed by atoms with Crippen molar-refractivity contribution in [2.45, 2.75) is 24.8 Å². The minimum atomic E-state index is -0.670. The molecule has 0 saturated heterocycles. The molecule has 2 nitrogen and oxygen atoms in total. The molecule has 0 heterocycles. The van der Waals surface area contributed by atoms with Crippen LogP contribution in [0.3, 0.4) is 0 Å². The molecule has 23 heavy (non-hydrogen) atoms. The van der Waals surface area contributed by atoms with E-state index >= 15 is 0 Å². The number of hydrogen-bond donors (Lipinski definition) is 0. The van der Waals surface area contributed by atoms with Gasteiger partial charge in [0.1, 0.15) is 17.5 Å². The highest BCUT2D eigenvalue weighted by atomic mass is 19.1. The number of rotatable bonds is 4. The molecule has 2 aromatic carbocycles. The van der Waals surface area contributed by atoms with E-state index in [4.69, 9.17) is 0 Å². The molecule has 1 amide bonds. The first-order valence-corrected chi connectivity index (χ1v) is 7.38. The second-order valence-electron chi connectivity index (χ2n) is 5.99. The molecule has 1 fully saturated rings. The molecular formula is C18H16F3NO. The van der Waals surface area contributed by atoms with E-state index in [1.165, 1.54) is 29.2 Å². The third-order valence-electron chi connectivity index (χ3n) is 4.33. The fourth-order valence-electron chi connectivity index (χ4n) is 2.86. The molecule has 0 N–H and O–H groups in total. The second kappa shape index (κ2) is 5.72. The third-order valence-corrected chi connectivity index (χ3v) is 4.33. The number of carbonyl (C=O) groups excluding carboxylic acids is 1. The van der Waals surface area contributed by atoms with Gasteiger partial charge in [-0.25, -0.2) is 13.2 Å². The van der Waals surface area contributed by atoms with Crippen molar-refractivity contribution in [2.24, 2.45) is 0 Å². The molecule has 0 unspecified atom stereocenters. The molecule has 1 saturated carbocycles. The van der Waals surface area contributed by atoms with Crippen LogP contribution >= 0.6 is 0 Å². The molecule has 0 spiro atoms. The molecule has 0 bridgehead atoms. The van der Waals surface area contributed by atoms with Crippen molar-refractivity contribution in [1.82, 2.24) is 4.90 Å². The Kier molecular flexibility index (Phi) is 3.88. The van der Waals surface area contributed by atoms with Gasteiger partial charge in [0, 0.05) is 25.2 Å². The van der Waals surface area contributed by atoms with Crippen molar-refractivity contribution in [3.05, 3.63) is 71.0 Å². The second-order valence-corrected chi connectivity index (χ2v) is 5.99. The highest BCUT2D eigenvalue weighted by Crippen LogP contribution is 2.49. The van der Waals surface area contributed by atoms with Gasteiger partial charge < -0.3 is 4.90 Å². The third kappa shape index (κ3) is 2.96. The first kappa shape index (κ1) is 15.6. The standard InChI is InChI=1S/C18H16F3NO/c1-22(11-12-2-5-15(20)10-16(12)21)17(23)18(8-9-18)13-3-6-14(19)7-4-13/h2-7,10H,8-9,11H2,1H3. The number of benzene rings is 2. The van der Waals surface area contributed by atoms with Crippen LogP contribution in [0.15, 0.2) is 42.5 Å². The van der Waals surface area contributed by atoms with Crippen molar-refractivity contribution in [1.29, 1.82) is 0 Å². The predicted octanol–water partition coefficient (Wildman–Crippen LogP) is 3.79. The van der Waals surface area contributed by atoms with Crippen LogP contribution < -0.4 is 0 Å². The van der Waals surface area contributed by atoms with Crippen LogP contribution in [0.1, 0.15) is 24.0 Å². The highest BCUT2D eigenvalue weighted by molar-refractivity contribution is 5.91. The largest absolute Gasteiger partial charge is 0.341 e. The minimum Gasteiger partial charge on any atom is -0.341 e. The van der Waals surface area contributed by atoms with Crippen LogP contribution in [0.2, 0.25) is 0 Å². The smallest absolute Gasteiger partial charge is 0.233 e. The van der Waals surface area contributed by atoms with Crippen LogP contribution in [0.25, 0.3) is 0 Å². The summed E-state index contributed by atoms with van der Waals surface area (Å²) in [4.78, 5) is 14.2. The lowest BCUT2D eigenvalue weighted by Gasteiger charge is -2.24. The predicted molar refractivity (Wildman–Crippen MR) is 80.1 cm³/mol. The Morgan fingerprint density at radius 2 is 1.65 bits per heavy atom. The van der Waals surface area contributed by atoms with E-state index in [0.29, 0.717) is 12.8 Å². The van der Waals surface area contributed by atoms with Gasteiger partial charge in [0.05, 0.1) is 5.41 Å². The maximum absolute atomic E-state index is 13.7. The maximum atomic E-state index is 13.7. The number of halogens is 3. The summed E-state index contributed by atoms with van der Waals surface area (Å²) >= 11 is 0. The summed E-state index contributed by atoms with van der Waals surface area (Å²) in [5, 5.41) is 0. The van der Waals surface area contributed by atoms with Crippen molar-refractivity contribution in [2.75, 3.05) is 7.05 Å². The van der Waals surface area contributed by atoms with Crippen molar-refractivity contribution < 1.29 is 18.0 Å². The Bertz CT molecular complexity index is 738. The number of carbonyl (C=O) groups is 1. The van der Waals surface area contributed by atoms with Gasteiger partial charge in [0.15, 0.2) is 0 Å². The molecule has 120 valence electrons. The Balaban J connectivity index is 1.78. The summed E-state index contributed by atoms with van der Waals surface area (Å²) in [5.74, 6) is -1.80. The summed E-state index contributed by atoms with van der Waals surface area (Å²) in [6.45, 7) is 0.0634. The van der Waals surface area contributed by atoms with E-state index in [1.807, 2.05) is 0 Å². The van der Waals surface area contributed by atoms with Gasteiger partial charge in [-0.2, -0.15) is 0 Å². The Morgan fingerprint density at radius 3 is 2.22 bits per heavy atom. The quantitative estimate of drug-likeness (QED) is 0.839. The molecule has 1 aliphatic rings. The van der Waals surface area contributed by atoms with Gasteiger partial charge in [-0.3, -0.25) is 4.79 Å². The van der Waals surface area contributed by atoms with Gasteiger partial charge >= 0.3 is 0 Å². The molecular weight excluding hydrogens is 303 g/mol. The van der Waals surface area contributed by atoms with E-state index < -0.39 is 17.0 Å². The van der Waals surface area contributed by atoms with Crippen LogP contribution in [-0.2, 0) is 16.8 Å². The minimum absolute atomic E-state index is 0.0634. The molecule has 0 atom stereocenters. The lowest BCUT2D eigenvalue weighted by Crippen LogP contribution is -2.36. The number of hydrogen-bond acceptors (Lipinski definition) is 1. The van der Waals surface area contributed by atoms with Crippen LogP contribution in [0.4, 0.5) is 13.2 Å². The SMILES string of the molecule is CN(Cc1ccc(F)cc1F)C(=O)C1(c2ccc(F)cc2)CC1. The fraction of sp³-hybridized carbons (Fsp3) is 0.278. The van der Waals surface area contributed by atoms with Gasteiger partial charge in [-0.05, 0) is 36.6 Å². The average molecular weight is 319 g/mol. The summed E-state index contributed by atoms with van der Waals surface area (Å²) < 4.78 is 39.7. The zero-order chi connectivity index (χ0) is 16.6. The average Bonchev–Trinajstić information content (AvgIpc) is 3.31. The normalized spacial score (nSPS) is 15.3. The van der Waals surface area contributed by atoms with E-state index in [-0.39, 0.29) is 23.8 Å². The summed E-state index contributed by atoms with van der Waals surface area (Å²) in [7, 11) is 1.59. The van der Waals surface area contributed by atoms with Crippen molar-refractivity contribution in [3.63, 3.8) is 0 Å². The molecule has 5 heteroatoms. The summed E-state index contributed by atoms with van der Waals surface area (Å²) in [6.07, 6.45) is 1.38. The number of likely N-dealkylation sites (N-methyl/N-ethyl adjacent to an activating group) is 1. The molecule has 0 aliphatic heterocycles. The van der Waals surface area contributed by atoms with E-state index in [1.54, 1.807) is 19.2 Å². The van der Waals surface area contributed by atoms with Crippen LogP contribution in [0.5, 0.6) is 0 Å². The fourth-order valence-corrected chi connectivity index (χ4v) is 2.86. The topological polar surface area (TPSA) is 20.3 Å². The van der Waals surface area contributed by atoms with Crippen LogP contribution in [-0.4, -0.2) is 17.9 Å². The molecule has 3 rings (SSSR count). The van der Waals surface area contributed by atoms with Gasteiger partial charge in [0.2, 0.25) is 5.91 Å². The van der Waals surface area contributed by atoms with E-state index in [2.05, 4.69) is 0 Å². The summed E-state index contributed by atoms with van der Waals surface area (Å²) in [5.41, 5.74) is 0.395. The number of nitrogens with zero attached hydrogens (tertiary/aromatic N) is 1. The van der Waals surface area contributed by atoms with E-state index in [0.717, 1.165) is 11.6 Å². The first-order valence-electron chi connectivity index (χ1n) is 7.38. The number of amides is 1. The highest BCUT2D eigenvalue weighted by Gasteiger charge is 2.52. The zero-order valence-corrected chi connectivity index (χ0v) is 12.7. The van der Waals surface area contributed by atoms with Crippen LogP contribution in [0, 0.1) is 17.5 Å². The monoisotopic (exact) mass is 319 g/mol. The lowest BCUT2D eigenvalue weighted by atomic mass is 9.94. The van der Waals surface area contributed by atoms with E-state index in [9.17, 15) is 18.0 Å². The van der Waals surface area contributed by atoms with Gasteiger partial charge in [-0.15, -0.1) is 0 Å². The molecule has 0 radical (unpaired) electrons. The molecule has 2 aromatic rings. The first-order chi connectivity index (χ1) is 10.9. The Labute approximate surface area is 132 Å².